The first-order valence-corrected chi connectivity index (χ1v) is 5.38. The quantitative estimate of drug-likeness (QED) is 0.681. The second-order valence-corrected chi connectivity index (χ2v) is 3.93. The van der Waals surface area contributed by atoms with Crippen LogP contribution in [0.5, 0.6) is 0 Å². The Labute approximate surface area is 99.7 Å². The van der Waals surface area contributed by atoms with Gasteiger partial charge < -0.3 is 19.9 Å². The molecule has 1 aliphatic rings. The summed E-state index contributed by atoms with van der Waals surface area (Å²) in [5.41, 5.74) is 0. The SMILES string of the molecule is COCC(C(=O)O)N1CCC(NC(=O)OC)C1. The van der Waals surface area contributed by atoms with Gasteiger partial charge >= 0.3 is 12.1 Å². The van der Waals surface area contributed by atoms with Crippen molar-refractivity contribution in [2.75, 3.05) is 33.9 Å². The van der Waals surface area contributed by atoms with Crippen molar-refractivity contribution in [3.63, 3.8) is 0 Å². The molecule has 0 aromatic carbocycles. The van der Waals surface area contributed by atoms with Crippen molar-refractivity contribution >= 4 is 12.1 Å². The predicted molar refractivity (Wildman–Crippen MR) is 58.8 cm³/mol. The van der Waals surface area contributed by atoms with Crippen LogP contribution < -0.4 is 5.32 Å². The van der Waals surface area contributed by atoms with Gasteiger partial charge in [-0.25, -0.2) is 4.79 Å². The number of hydrogen-bond acceptors (Lipinski definition) is 5. The molecular weight excluding hydrogens is 228 g/mol. The molecule has 1 rings (SSSR count). The molecular formula is C10H18N2O5. The van der Waals surface area contributed by atoms with Crippen LogP contribution in [0.3, 0.4) is 0 Å². The van der Waals surface area contributed by atoms with Crippen LogP contribution >= 0.6 is 0 Å². The van der Waals surface area contributed by atoms with Gasteiger partial charge in [-0.15, -0.1) is 0 Å². The topological polar surface area (TPSA) is 88.1 Å². The van der Waals surface area contributed by atoms with Crippen molar-refractivity contribution in [2.45, 2.75) is 18.5 Å². The number of carboxylic acids is 1. The van der Waals surface area contributed by atoms with Gasteiger partial charge in [0.25, 0.3) is 0 Å². The Hall–Kier alpha value is -1.34. The summed E-state index contributed by atoms with van der Waals surface area (Å²) in [4.78, 5) is 23.8. The van der Waals surface area contributed by atoms with Gasteiger partial charge in [-0.05, 0) is 6.42 Å². The van der Waals surface area contributed by atoms with Gasteiger partial charge in [0.1, 0.15) is 6.04 Å². The molecule has 0 spiro atoms. The Morgan fingerprint density at radius 2 is 2.24 bits per heavy atom. The van der Waals surface area contributed by atoms with E-state index in [1.54, 1.807) is 4.90 Å². The van der Waals surface area contributed by atoms with Crippen LogP contribution in [0, 0.1) is 0 Å². The molecule has 1 saturated heterocycles. The second kappa shape index (κ2) is 6.41. The molecule has 7 heteroatoms. The predicted octanol–water partition coefficient (Wildman–Crippen LogP) is -0.484. The van der Waals surface area contributed by atoms with E-state index in [0.29, 0.717) is 19.5 Å². The fourth-order valence-corrected chi connectivity index (χ4v) is 1.90. The first-order valence-electron chi connectivity index (χ1n) is 5.38. The number of ether oxygens (including phenoxy) is 2. The fourth-order valence-electron chi connectivity index (χ4n) is 1.90. The average molecular weight is 246 g/mol. The van der Waals surface area contributed by atoms with E-state index in [1.165, 1.54) is 14.2 Å². The van der Waals surface area contributed by atoms with Crippen molar-refractivity contribution in [3.8, 4) is 0 Å². The van der Waals surface area contributed by atoms with Gasteiger partial charge in [-0.1, -0.05) is 0 Å². The minimum atomic E-state index is -0.912. The second-order valence-electron chi connectivity index (χ2n) is 3.93. The Bertz CT molecular complexity index is 284. The van der Waals surface area contributed by atoms with Gasteiger partial charge in [0, 0.05) is 26.2 Å². The molecule has 0 bridgehead atoms. The molecule has 0 aromatic rings. The third kappa shape index (κ3) is 3.86. The van der Waals surface area contributed by atoms with Gasteiger partial charge in [0.2, 0.25) is 0 Å². The van der Waals surface area contributed by atoms with E-state index in [2.05, 4.69) is 10.1 Å². The Morgan fingerprint density at radius 1 is 1.53 bits per heavy atom. The van der Waals surface area contributed by atoms with Crippen molar-refractivity contribution in [1.29, 1.82) is 0 Å². The van der Waals surface area contributed by atoms with E-state index in [9.17, 15) is 9.59 Å². The molecule has 0 aliphatic carbocycles. The summed E-state index contributed by atoms with van der Waals surface area (Å²) in [6.07, 6.45) is 0.221. The maximum atomic E-state index is 11.0. The number of likely N-dealkylation sites (tertiary alicyclic amines) is 1. The number of nitrogens with one attached hydrogen (secondary N) is 1. The third-order valence-corrected chi connectivity index (χ3v) is 2.78. The highest BCUT2D eigenvalue weighted by Gasteiger charge is 2.33. The summed E-state index contributed by atoms with van der Waals surface area (Å²) in [6, 6.07) is -0.731. The molecule has 1 fully saturated rings. The number of carboxylic acid groups (broad SMARTS) is 1. The molecule has 2 N–H and O–H groups in total. The zero-order valence-corrected chi connectivity index (χ0v) is 10.0. The first-order chi connectivity index (χ1) is 8.08. The molecule has 0 radical (unpaired) electrons. The standard InChI is InChI=1S/C10H18N2O5/c1-16-6-8(9(13)14)12-4-3-7(5-12)11-10(15)17-2/h7-8H,3-6H2,1-2H3,(H,11,15)(H,13,14). The lowest BCUT2D eigenvalue weighted by Gasteiger charge is -2.23. The van der Waals surface area contributed by atoms with Crippen LogP contribution in [-0.2, 0) is 14.3 Å². The molecule has 7 nitrogen and oxygen atoms in total. The van der Waals surface area contributed by atoms with Crippen LogP contribution in [-0.4, -0.2) is 68.1 Å². The van der Waals surface area contributed by atoms with Crippen LogP contribution in [0.25, 0.3) is 0 Å². The molecule has 2 atom stereocenters. The number of methoxy groups -OCH3 is 2. The van der Waals surface area contributed by atoms with E-state index in [1.807, 2.05) is 0 Å². The lowest BCUT2D eigenvalue weighted by molar-refractivity contribution is -0.144. The van der Waals surface area contributed by atoms with E-state index in [4.69, 9.17) is 9.84 Å². The number of carbonyl (C=O) groups is 2. The lowest BCUT2D eigenvalue weighted by atomic mass is 10.2. The van der Waals surface area contributed by atoms with Gasteiger partial charge in [-0.3, -0.25) is 9.69 Å². The van der Waals surface area contributed by atoms with Crippen molar-refractivity contribution in [1.82, 2.24) is 10.2 Å². The minimum Gasteiger partial charge on any atom is -0.480 e. The largest absolute Gasteiger partial charge is 0.480 e. The molecule has 0 aromatic heterocycles. The molecule has 1 amide bonds. The number of aliphatic carboxylic acids is 1. The summed E-state index contributed by atoms with van der Waals surface area (Å²) in [6.45, 7) is 1.25. The minimum absolute atomic E-state index is 0.0684. The molecule has 17 heavy (non-hydrogen) atoms. The number of alkyl carbamates (subject to hydrolysis) is 1. The summed E-state index contributed by atoms with van der Waals surface area (Å²) in [7, 11) is 2.77. The Balaban J connectivity index is 2.47. The maximum absolute atomic E-state index is 11.0. The summed E-state index contributed by atoms with van der Waals surface area (Å²) >= 11 is 0. The molecule has 1 aliphatic heterocycles. The summed E-state index contributed by atoms with van der Waals surface area (Å²) in [5.74, 6) is -0.912. The monoisotopic (exact) mass is 246 g/mol. The number of carbonyl (C=O) groups excluding carboxylic acids is 1. The van der Waals surface area contributed by atoms with E-state index >= 15 is 0 Å². The number of nitrogens with zero attached hydrogens (tertiary/aromatic N) is 1. The van der Waals surface area contributed by atoms with Crippen molar-refractivity contribution < 1.29 is 24.2 Å². The molecule has 0 saturated carbocycles. The number of rotatable bonds is 5. The van der Waals surface area contributed by atoms with E-state index in [-0.39, 0.29) is 12.6 Å². The lowest BCUT2D eigenvalue weighted by Crippen LogP contribution is -2.45. The smallest absolute Gasteiger partial charge is 0.407 e. The zero-order valence-electron chi connectivity index (χ0n) is 10.0. The van der Waals surface area contributed by atoms with Crippen LogP contribution in [0.4, 0.5) is 4.79 Å². The highest BCUT2D eigenvalue weighted by molar-refractivity contribution is 5.73. The number of hydrogen-bond donors (Lipinski definition) is 2. The third-order valence-electron chi connectivity index (χ3n) is 2.78. The molecule has 1 heterocycles. The van der Waals surface area contributed by atoms with Gasteiger partial charge in [-0.2, -0.15) is 0 Å². The van der Waals surface area contributed by atoms with Crippen LogP contribution in [0.1, 0.15) is 6.42 Å². The van der Waals surface area contributed by atoms with Gasteiger partial charge in [0.05, 0.1) is 13.7 Å². The van der Waals surface area contributed by atoms with Crippen molar-refractivity contribution in [2.24, 2.45) is 0 Å². The van der Waals surface area contributed by atoms with Crippen LogP contribution in [0.2, 0.25) is 0 Å². The normalized spacial score (nSPS) is 22.1. The molecule has 98 valence electrons. The highest BCUT2D eigenvalue weighted by atomic mass is 16.5. The Kier molecular flexibility index (Phi) is 5.17. The summed E-state index contributed by atoms with van der Waals surface area (Å²) in [5, 5.41) is 11.7. The first kappa shape index (κ1) is 13.7. The summed E-state index contributed by atoms with van der Waals surface area (Å²) < 4.78 is 9.37. The maximum Gasteiger partial charge on any atom is 0.407 e. The van der Waals surface area contributed by atoms with Gasteiger partial charge in [0.15, 0.2) is 0 Å². The van der Waals surface area contributed by atoms with Crippen LogP contribution in [0.15, 0.2) is 0 Å². The van der Waals surface area contributed by atoms with Crippen molar-refractivity contribution in [3.05, 3.63) is 0 Å². The Morgan fingerprint density at radius 3 is 2.76 bits per heavy atom. The molecule has 2 unspecified atom stereocenters. The van der Waals surface area contributed by atoms with E-state index < -0.39 is 18.1 Å². The highest BCUT2D eigenvalue weighted by Crippen LogP contribution is 2.13. The fraction of sp³-hybridized carbons (Fsp3) is 0.800. The zero-order chi connectivity index (χ0) is 12.8. The van der Waals surface area contributed by atoms with E-state index in [0.717, 1.165) is 0 Å². The number of amides is 1. The average Bonchev–Trinajstić information content (AvgIpc) is 2.73.